The average Bonchev–Trinajstić information content (AvgIpc) is 3.34. The molecule has 4 heteroatoms. The number of nitrogens with zero attached hydrogens (tertiary/aromatic N) is 3. The van der Waals surface area contributed by atoms with Crippen LogP contribution in [-0.2, 0) is 4.74 Å². The molecule has 4 saturated carbocycles. The van der Waals surface area contributed by atoms with E-state index in [1.807, 2.05) is 4.68 Å². The number of unbranched alkanes of at least 4 members (excludes halogenated alkanes) is 2. The van der Waals surface area contributed by atoms with Crippen molar-refractivity contribution in [3.8, 4) is 22.4 Å². The summed E-state index contributed by atoms with van der Waals surface area (Å²) in [4.78, 5) is 0. The lowest BCUT2D eigenvalue weighted by Crippen LogP contribution is -2.52. The number of hydrogen-bond acceptors (Lipinski definition) is 3. The highest BCUT2D eigenvalue weighted by Gasteiger charge is 2.52. The molecule has 0 aliphatic heterocycles. The number of rotatable bonds is 9. The van der Waals surface area contributed by atoms with Crippen molar-refractivity contribution in [2.75, 3.05) is 0 Å². The topological polar surface area (TPSA) is 39.9 Å². The lowest BCUT2D eigenvalue weighted by atomic mass is 9.54. The third-order valence-electron chi connectivity index (χ3n) is 8.52. The number of aromatic nitrogens is 3. The van der Waals surface area contributed by atoms with Gasteiger partial charge in [-0.2, -0.15) is 0 Å². The molecule has 4 nitrogen and oxygen atoms in total. The molecule has 178 valence electrons. The minimum absolute atomic E-state index is 0.00681. The second-order valence-corrected chi connectivity index (χ2v) is 11.2. The van der Waals surface area contributed by atoms with Crippen LogP contribution >= 0.6 is 0 Å². The van der Waals surface area contributed by atoms with Crippen LogP contribution in [0.15, 0.2) is 60.8 Å². The lowest BCUT2D eigenvalue weighted by molar-refractivity contribution is -0.210. The predicted molar refractivity (Wildman–Crippen MR) is 136 cm³/mol. The van der Waals surface area contributed by atoms with Crippen molar-refractivity contribution in [1.82, 2.24) is 15.0 Å². The first-order valence-electron chi connectivity index (χ1n) is 13.5. The molecule has 4 aliphatic rings. The fourth-order valence-corrected chi connectivity index (χ4v) is 7.29. The monoisotopic (exact) mass is 455 g/mol. The van der Waals surface area contributed by atoms with Crippen LogP contribution in [0.1, 0.15) is 77.4 Å². The van der Waals surface area contributed by atoms with Gasteiger partial charge in [-0.05, 0) is 80.2 Å². The molecule has 1 heterocycles. The number of ether oxygens (including phenoxy) is 1. The summed E-state index contributed by atoms with van der Waals surface area (Å²) in [5.41, 5.74) is 4.56. The van der Waals surface area contributed by atoms with Crippen molar-refractivity contribution in [1.29, 1.82) is 0 Å². The highest BCUT2D eigenvalue weighted by atomic mass is 16.5. The maximum atomic E-state index is 7.07. The normalized spacial score (nSPS) is 28.3. The van der Waals surface area contributed by atoms with E-state index in [9.17, 15) is 0 Å². The van der Waals surface area contributed by atoms with Crippen molar-refractivity contribution >= 4 is 0 Å². The first kappa shape index (κ1) is 22.0. The zero-order valence-corrected chi connectivity index (χ0v) is 20.4. The van der Waals surface area contributed by atoms with E-state index in [1.54, 1.807) is 0 Å². The second-order valence-electron chi connectivity index (χ2n) is 11.2. The molecule has 1 unspecified atom stereocenters. The molecule has 0 N–H and O–H groups in total. The molecule has 0 radical (unpaired) electrons. The first-order chi connectivity index (χ1) is 16.7. The smallest absolute Gasteiger partial charge is 0.152 e. The van der Waals surface area contributed by atoms with Gasteiger partial charge in [0.2, 0.25) is 0 Å². The molecule has 3 aromatic rings. The fraction of sp³-hybridized carbons (Fsp3) is 0.533. The maximum absolute atomic E-state index is 7.07. The Hall–Kier alpha value is -2.46. The molecule has 1 atom stereocenters. The summed E-state index contributed by atoms with van der Waals surface area (Å²) in [6.45, 7) is 2.27. The Bertz CT molecular complexity index is 1050. The summed E-state index contributed by atoms with van der Waals surface area (Å²) in [6, 6.07) is 19.2. The molecule has 4 aliphatic carbocycles. The Morgan fingerprint density at radius 3 is 2.12 bits per heavy atom. The molecule has 4 fully saturated rings. The summed E-state index contributed by atoms with van der Waals surface area (Å²) >= 11 is 0. The zero-order chi connectivity index (χ0) is 23.0. The molecule has 4 bridgehead atoms. The highest BCUT2D eigenvalue weighted by molar-refractivity contribution is 5.68. The van der Waals surface area contributed by atoms with Gasteiger partial charge in [0.1, 0.15) is 5.69 Å². The van der Waals surface area contributed by atoms with Gasteiger partial charge in [0, 0.05) is 5.56 Å². The van der Waals surface area contributed by atoms with E-state index in [2.05, 4.69) is 78.0 Å². The number of benzene rings is 2. The first-order valence-corrected chi connectivity index (χ1v) is 13.5. The van der Waals surface area contributed by atoms with Gasteiger partial charge in [-0.1, -0.05) is 79.6 Å². The van der Waals surface area contributed by atoms with Crippen LogP contribution < -0.4 is 0 Å². The van der Waals surface area contributed by atoms with Gasteiger partial charge in [0.15, 0.2) is 6.23 Å². The van der Waals surface area contributed by atoms with Crippen LogP contribution in [0.25, 0.3) is 22.4 Å². The van der Waals surface area contributed by atoms with Gasteiger partial charge >= 0.3 is 0 Å². The van der Waals surface area contributed by atoms with E-state index >= 15 is 0 Å². The van der Waals surface area contributed by atoms with Crippen LogP contribution in [-0.4, -0.2) is 20.6 Å². The van der Waals surface area contributed by atoms with Crippen LogP contribution in [0, 0.1) is 17.8 Å². The van der Waals surface area contributed by atoms with Gasteiger partial charge in [-0.3, -0.25) is 0 Å². The Morgan fingerprint density at radius 1 is 0.853 bits per heavy atom. The molecule has 0 amide bonds. The molecule has 0 saturated heterocycles. The molecule has 7 rings (SSSR count). The molecule has 1 aromatic heterocycles. The second kappa shape index (κ2) is 9.30. The molecular formula is C30H37N3O. The molecule has 2 aromatic carbocycles. The maximum Gasteiger partial charge on any atom is 0.152 e. The van der Waals surface area contributed by atoms with E-state index in [0.717, 1.165) is 35.4 Å². The average molecular weight is 456 g/mol. The van der Waals surface area contributed by atoms with Crippen molar-refractivity contribution in [2.45, 2.75) is 83.0 Å². The minimum Gasteiger partial charge on any atom is -0.350 e. The predicted octanol–water partition coefficient (Wildman–Crippen LogP) is 7.68. The SMILES string of the molecule is CCCCCC(OC12CC3CC(CC(C3)C1)C2)n1cc(-c2ccc(-c3ccccc3)cc2)nn1. The van der Waals surface area contributed by atoms with Gasteiger partial charge in [0.25, 0.3) is 0 Å². The Balaban J connectivity index is 1.21. The fourth-order valence-electron chi connectivity index (χ4n) is 7.29. The van der Waals surface area contributed by atoms with Crippen molar-refractivity contribution in [2.24, 2.45) is 17.8 Å². The minimum atomic E-state index is -0.00681. The summed E-state index contributed by atoms with van der Waals surface area (Å²) in [6.07, 6.45) is 14.8. The van der Waals surface area contributed by atoms with Gasteiger partial charge in [0.05, 0.1) is 11.8 Å². The van der Waals surface area contributed by atoms with Gasteiger partial charge in [-0.25, -0.2) is 4.68 Å². The Kier molecular flexibility index (Phi) is 6.02. The lowest BCUT2D eigenvalue weighted by Gasteiger charge is -2.57. The Morgan fingerprint density at radius 2 is 1.47 bits per heavy atom. The summed E-state index contributed by atoms with van der Waals surface area (Å²) in [7, 11) is 0. The molecular weight excluding hydrogens is 418 g/mol. The van der Waals surface area contributed by atoms with Crippen LogP contribution in [0.3, 0.4) is 0 Å². The largest absolute Gasteiger partial charge is 0.350 e. The molecule has 34 heavy (non-hydrogen) atoms. The third-order valence-corrected chi connectivity index (χ3v) is 8.52. The van der Waals surface area contributed by atoms with E-state index in [0.29, 0.717) is 0 Å². The van der Waals surface area contributed by atoms with Crippen molar-refractivity contribution < 1.29 is 4.74 Å². The Labute approximate surface area is 203 Å². The molecule has 0 spiro atoms. The van der Waals surface area contributed by atoms with Crippen molar-refractivity contribution in [3.63, 3.8) is 0 Å². The van der Waals surface area contributed by atoms with E-state index in [1.165, 1.54) is 68.9 Å². The van der Waals surface area contributed by atoms with Crippen LogP contribution in [0.4, 0.5) is 0 Å². The zero-order valence-electron chi connectivity index (χ0n) is 20.4. The third kappa shape index (κ3) is 4.45. The van der Waals surface area contributed by atoms with E-state index in [-0.39, 0.29) is 11.8 Å². The summed E-state index contributed by atoms with van der Waals surface area (Å²) in [5, 5.41) is 9.16. The summed E-state index contributed by atoms with van der Waals surface area (Å²) in [5.74, 6) is 2.66. The standard InChI is InChI=1S/C30H37N3O/c1-2-3-5-10-29(34-30-18-22-15-23(19-30)17-24(16-22)20-30)33-21-28(31-32-33)27-13-11-26(12-14-27)25-8-6-4-7-9-25/h4,6-9,11-14,21-24,29H,2-3,5,10,15-20H2,1H3. The van der Waals surface area contributed by atoms with E-state index in [4.69, 9.17) is 4.74 Å². The van der Waals surface area contributed by atoms with Crippen molar-refractivity contribution in [3.05, 3.63) is 60.8 Å². The van der Waals surface area contributed by atoms with Gasteiger partial charge in [-0.15, -0.1) is 5.10 Å². The highest BCUT2D eigenvalue weighted by Crippen LogP contribution is 2.58. The van der Waals surface area contributed by atoms with E-state index < -0.39 is 0 Å². The number of hydrogen-bond donors (Lipinski definition) is 0. The van der Waals surface area contributed by atoms with Crippen LogP contribution in [0.5, 0.6) is 0 Å². The quantitative estimate of drug-likeness (QED) is 0.311. The summed E-state index contributed by atoms with van der Waals surface area (Å²) < 4.78 is 9.09. The van der Waals surface area contributed by atoms with Gasteiger partial charge < -0.3 is 4.74 Å². The van der Waals surface area contributed by atoms with Crippen LogP contribution in [0.2, 0.25) is 0 Å².